The molecule has 1 aromatic heterocycles. The Labute approximate surface area is 273 Å². The van der Waals surface area contributed by atoms with E-state index >= 15 is 4.39 Å². The molecule has 4 aliphatic rings. The lowest BCUT2D eigenvalue weighted by Gasteiger charge is -2.53. The van der Waals surface area contributed by atoms with Gasteiger partial charge in [-0.2, -0.15) is 0 Å². The van der Waals surface area contributed by atoms with E-state index in [0.29, 0.717) is 42.3 Å². The van der Waals surface area contributed by atoms with Crippen LogP contribution in [-0.4, -0.2) is 134 Å². The number of nitrogens with zero attached hydrogens (tertiary/aromatic N) is 5. The van der Waals surface area contributed by atoms with Crippen LogP contribution in [0.25, 0.3) is 0 Å². The largest absolute Gasteiger partial charge is 0.493 e. The highest BCUT2D eigenvalue weighted by Gasteiger charge is 2.44. The number of fused-ring (bicyclic) bond motifs is 3. The van der Waals surface area contributed by atoms with Crippen molar-refractivity contribution in [1.82, 2.24) is 19.8 Å². The van der Waals surface area contributed by atoms with Gasteiger partial charge in [0.2, 0.25) is 5.95 Å². The first-order valence-electron chi connectivity index (χ1n) is 16.1. The smallest absolute Gasteiger partial charge is 0.225 e. The summed E-state index contributed by atoms with van der Waals surface area (Å²) in [5.74, 6) is 1.20. The fourth-order valence-corrected chi connectivity index (χ4v) is 7.14. The van der Waals surface area contributed by atoms with Gasteiger partial charge < -0.3 is 40.0 Å². The normalized spacial score (nSPS) is 24.4. The average Bonchev–Trinajstić information content (AvgIpc) is 3.08. The molecule has 4 fully saturated rings. The second-order valence-corrected chi connectivity index (χ2v) is 13.2. The molecule has 12 nitrogen and oxygen atoms in total. The Morgan fingerprint density at radius 3 is 2.33 bits per heavy atom. The van der Waals surface area contributed by atoms with Crippen LogP contribution in [0.5, 0.6) is 5.75 Å². The number of carbonyl (C=O) groups is 1. The number of carbonyl (C=O) groups excluding carboxylic acids is 1. The molecule has 0 amide bonds. The third kappa shape index (κ3) is 8.32. The third-order valence-electron chi connectivity index (χ3n) is 9.74. The van der Waals surface area contributed by atoms with E-state index in [1.165, 1.54) is 6.07 Å². The molecule has 3 unspecified atom stereocenters. The molecular formula is C32H45ClFN5O7. The minimum Gasteiger partial charge on any atom is -0.493 e. The fraction of sp³-hybridized carbons (Fsp3) is 0.656. The van der Waals surface area contributed by atoms with Gasteiger partial charge in [-0.25, -0.2) is 14.4 Å². The summed E-state index contributed by atoms with van der Waals surface area (Å²) in [5, 5.41) is 49.8. The summed E-state index contributed by atoms with van der Waals surface area (Å²) in [7, 11) is 0. The second-order valence-electron chi connectivity index (χ2n) is 12.7. The van der Waals surface area contributed by atoms with E-state index in [1.807, 2.05) is 9.80 Å². The topological polar surface area (TPSA) is 163 Å². The lowest BCUT2D eigenvalue weighted by molar-refractivity contribution is -0.133. The van der Waals surface area contributed by atoms with Crippen LogP contribution in [0.1, 0.15) is 50.1 Å². The molecule has 0 radical (unpaired) electrons. The van der Waals surface area contributed by atoms with Crippen molar-refractivity contribution in [3.8, 4) is 5.75 Å². The van der Waals surface area contributed by atoms with Crippen LogP contribution in [0.4, 0.5) is 10.3 Å². The van der Waals surface area contributed by atoms with Gasteiger partial charge in [-0.3, -0.25) is 9.80 Å². The van der Waals surface area contributed by atoms with Crippen molar-refractivity contribution in [1.29, 1.82) is 0 Å². The zero-order valence-electron chi connectivity index (χ0n) is 25.8. The number of piperazine rings is 1. The zero-order valence-corrected chi connectivity index (χ0v) is 26.6. The number of anilines is 1. The molecule has 6 rings (SSSR count). The number of halogens is 2. The Kier molecular flexibility index (Phi) is 12.2. The van der Waals surface area contributed by atoms with Gasteiger partial charge in [0, 0.05) is 56.4 Å². The van der Waals surface area contributed by atoms with Gasteiger partial charge >= 0.3 is 0 Å². The second kappa shape index (κ2) is 16.1. The summed E-state index contributed by atoms with van der Waals surface area (Å²) in [4.78, 5) is 27.1. The number of rotatable bonds is 15. The van der Waals surface area contributed by atoms with E-state index in [-0.39, 0.29) is 24.2 Å². The first-order chi connectivity index (χ1) is 22.2. The van der Waals surface area contributed by atoms with Gasteiger partial charge in [0.15, 0.2) is 0 Å². The molecule has 46 heavy (non-hydrogen) atoms. The van der Waals surface area contributed by atoms with Crippen LogP contribution in [0.2, 0.25) is 5.02 Å². The van der Waals surface area contributed by atoms with E-state index in [2.05, 4.69) is 14.9 Å². The predicted molar refractivity (Wildman–Crippen MR) is 168 cm³/mol. The third-order valence-corrected chi connectivity index (χ3v) is 9.93. The molecule has 5 heterocycles. The highest BCUT2D eigenvalue weighted by Crippen LogP contribution is 2.36. The number of benzene rings is 1. The van der Waals surface area contributed by atoms with E-state index < -0.39 is 42.9 Å². The van der Waals surface area contributed by atoms with Crippen LogP contribution < -0.4 is 9.64 Å². The maximum absolute atomic E-state index is 15.4. The van der Waals surface area contributed by atoms with Crippen LogP contribution in [-0.2, 0) is 4.79 Å². The summed E-state index contributed by atoms with van der Waals surface area (Å²) in [6, 6.07) is 3.78. The summed E-state index contributed by atoms with van der Waals surface area (Å²) in [6.07, 6.45) is 3.30. The highest BCUT2D eigenvalue weighted by atomic mass is 35.5. The molecule has 2 aromatic rings. The van der Waals surface area contributed by atoms with Gasteiger partial charge in [-0.1, -0.05) is 17.7 Å². The molecule has 14 heteroatoms. The molecule has 4 aliphatic heterocycles. The molecule has 0 spiro atoms. The fourth-order valence-electron chi connectivity index (χ4n) is 7.04. The number of ether oxygens (including phenoxy) is 1. The summed E-state index contributed by atoms with van der Waals surface area (Å²) < 4.78 is 21.2. The SMILES string of the molecule is O=CC(c1ccc(OCCCC2CCN(c3ncc(Cl)cn3)CC2)cc1F)N1CC2CCC1CN2C[C@H](O)[C@@H](O)[C@H](O)[C@H](O)CO. The van der Waals surface area contributed by atoms with Crippen molar-refractivity contribution in [2.24, 2.45) is 5.92 Å². The molecule has 2 bridgehead atoms. The Balaban J connectivity index is 1.08. The molecule has 4 saturated heterocycles. The van der Waals surface area contributed by atoms with Crippen molar-refractivity contribution >= 4 is 23.8 Å². The maximum Gasteiger partial charge on any atom is 0.225 e. The number of piperidine rings is 3. The monoisotopic (exact) mass is 665 g/mol. The van der Waals surface area contributed by atoms with Gasteiger partial charge in [0.05, 0.1) is 42.8 Å². The predicted octanol–water partition coefficient (Wildman–Crippen LogP) is 1.17. The summed E-state index contributed by atoms with van der Waals surface area (Å²) in [5.41, 5.74) is 0.287. The minimum atomic E-state index is -1.69. The molecule has 7 atom stereocenters. The van der Waals surface area contributed by atoms with Crippen LogP contribution in [0, 0.1) is 11.7 Å². The number of hydrogen-bond donors (Lipinski definition) is 5. The van der Waals surface area contributed by atoms with E-state index in [9.17, 15) is 25.2 Å². The highest BCUT2D eigenvalue weighted by molar-refractivity contribution is 6.30. The van der Waals surface area contributed by atoms with Gasteiger partial charge in [0.25, 0.3) is 0 Å². The van der Waals surface area contributed by atoms with E-state index in [4.69, 9.17) is 21.4 Å². The van der Waals surface area contributed by atoms with E-state index in [1.54, 1.807) is 24.5 Å². The number of aliphatic hydroxyl groups is 5. The quantitative estimate of drug-likeness (QED) is 0.137. The Hall–Kier alpha value is -2.49. The van der Waals surface area contributed by atoms with Gasteiger partial charge in [-0.15, -0.1) is 0 Å². The lowest BCUT2D eigenvalue weighted by atomic mass is 9.87. The van der Waals surface area contributed by atoms with Crippen LogP contribution in [0.3, 0.4) is 0 Å². The number of aromatic nitrogens is 2. The molecule has 1 aromatic carbocycles. The molecule has 254 valence electrons. The number of hydrogen-bond acceptors (Lipinski definition) is 12. The first kappa shape index (κ1) is 34.8. The molecular weight excluding hydrogens is 621 g/mol. The molecule has 0 saturated carbocycles. The zero-order chi connectivity index (χ0) is 32.8. The Morgan fingerprint density at radius 2 is 1.70 bits per heavy atom. The average molecular weight is 666 g/mol. The van der Waals surface area contributed by atoms with Crippen molar-refractivity contribution in [2.75, 3.05) is 50.8 Å². The van der Waals surface area contributed by atoms with Crippen molar-refractivity contribution < 1.29 is 39.5 Å². The van der Waals surface area contributed by atoms with Gasteiger partial charge in [0.1, 0.15) is 36.2 Å². The number of aliphatic hydroxyl groups excluding tert-OH is 5. The summed E-state index contributed by atoms with van der Waals surface area (Å²) >= 11 is 5.89. The van der Waals surface area contributed by atoms with Crippen LogP contribution >= 0.6 is 11.6 Å². The first-order valence-corrected chi connectivity index (χ1v) is 16.5. The molecule has 5 N–H and O–H groups in total. The summed E-state index contributed by atoms with van der Waals surface area (Å²) in [6.45, 7) is 2.53. The number of aldehydes is 1. The lowest BCUT2D eigenvalue weighted by Crippen LogP contribution is -2.65. The van der Waals surface area contributed by atoms with Gasteiger partial charge in [-0.05, 0) is 50.5 Å². The standard InChI is InChI=1S/C32H45ClFN5O7/c33-21-13-35-32(36-14-21)37-9-7-20(8-10-37)2-1-11-46-24-5-6-25(26(34)12-24)27(18-40)39-16-22-3-4-23(39)15-38(22)17-28(42)30(44)31(45)29(43)19-41/h5-6,12-14,18,20,22-23,27-31,41-45H,1-4,7-11,15-17,19H2/t22?,23?,27?,28-,29+,30+,31+/m0/s1. The Morgan fingerprint density at radius 1 is 1.00 bits per heavy atom. The van der Waals surface area contributed by atoms with Crippen molar-refractivity contribution in [3.63, 3.8) is 0 Å². The minimum absolute atomic E-state index is 0.0436. The maximum atomic E-state index is 15.4. The van der Waals surface area contributed by atoms with Crippen LogP contribution in [0.15, 0.2) is 30.6 Å². The molecule has 0 aliphatic carbocycles. The Bertz CT molecular complexity index is 1270. The van der Waals surface area contributed by atoms with Crippen molar-refractivity contribution in [2.45, 2.75) is 81.1 Å². The van der Waals surface area contributed by atoms with Crippen molar-refractivity contribution in [3.05, 3.63) is 47.0 Å². The van der Waals surface area contributed by atoms with E-state index in [0.717, 1.165) is 57.9 Å².